The summed E-state index contributed by atoms with van der Waals surface area (Å²) in [5, 5.41) is 1.91. The number of nitrogens with zero attached hydrogens (tertiary/aromatic N) is 1. The monoisotopic (exact) mass is 290 g/mol. The molecule has 0 aromatic carbocycles. The minimum absolute atomic E-state index is 0.0657. The SMILES string of the molecule is C=C(Cl)COC(=O)C1=C(NN(C)C)COC(C)(C)O1. The van der Waals surface area contributed by atoms with Gasteiger partial charge in [-0.3, -0.25) is 0 Å². The quantitative estimate of drug-likeness (QED) is 0.609. The van der Waals surface area contributed by atoms with Crippen LogP contribution < -0.4 is 5.43 Å². The molecule has 19 heavy (non-hydrogen) atoms. The molecule has 0 unspecified atom stereocenters. The van der Waals surface area contributed by atoms with Crippen molar-refractivity contribution in [2.45, 2.75) is 19.6 Å². The van der Waals surface area contributed by atoms with Crippen LogP contribution in [-0.4, -0.2) is 44.1 Å². The van der Waals surface area contributed by atoms with E-state index < -0.39 is 11.8 Å². The van der Waals surface area contributed by atoms with Crippen molar-refractivity contribution in [3.63, 3.8) is 0 Å². The van der Waals surface area contributed by atoms with E-state index in [1.54, 1.807) is 33.0 Å². The van der Waals surface area contributed by atoms with Crippen molar-refractivity contribution < 1.29 is 19.0 Å². The first-order valence-corrected chi connectivity index (χ1v) is 6.09. The molecule has 0 atom stereocenters. The number of nitrogens with one attached hydrogen (secondary N) is 1. The smallest absolute Gasteiger partial charge is 0.376 e. The van der Waals surface area contributed by atoms with Crippen molar-refractivity contribution in [1.29, 1.82) is 0 Å². The minimum atomic E-state index is -0.885. The molecule has 1 heterocycles. The van der Waals surface area contributed by atoms with Gasteiger partial charge in [-0.05, 0) is 0 Å². The zero-order valence-corrected chi connectivity index (χ0v) is 12.3. The third-order valence-electron chi connectivity index (χ3n) is 2.09. The standard InChI is InChI=1S/C12H19ClN2O4/c1-8(13)6-17-11(16)10-9(14-15(4)5)7-18-12(2,3)19-10/h14H,1,6-7H2,2-5H3. The van der Waals surface area contributed by atoms with E-state index >= 15 is 0 Å². The summed E-state index contributed by atoms with van der Waals surface area (Å²) in [6.07, 6.45) is 0. The Balaban J connectivity index is 2.88. The number of halogens is 1. The highest BCUT2D eigenvalue weighted by atomic mass is 35.5. The molecule has 6 nitrogen and oxygen atoms in total. The Labute approximate surface area is 117 Å². The Kier molecular flexibility index (Phi) is 5.22. The second-order valence-electron chi connectivity index (χ2n) is 4.70. The number of hydrogen-bond donors (Lipinski definition) is 1. The third kappa shape index (κ3) is 5.10. The topological polar surface area (TPSA) is 60.0 Å². The Morgan fingerprint density at radius 1 is 1.58 bits per heavy atom. The number of ether oxygens (including phenoxy) is 3. The first kappa shape index (κ1) is 15.8. The van der Waals surface area contributed by atoms with E-state index in [1.165, 1.54) is 0 Å². The molecule has 0 aromatic rings. The zero-order valence-electron chi connectivity index (χ0n) is 11.6. The summed E-state index contributed by atoms with van der Waals surface area (Å²) in [5.74, 6) is -1.41. The van der Waals surface area contributed by atoms with Gasteiger partial charge in [-0.2, -0.15) is 0 Å². The predicted octanol–water partition coefficient (Wildman–Crippen LogP) is 1.34. The van der Waals surface area contributed by atoms with E-state index in [1.807, 2.05) is 0 Å². The highest BCUT2D eigenvalue weighted by Gasteiger charge is 2.34. The maximum absolute atomic E-state index is 12.0. The Morgan fingerprint density at radius 3 is 2.74 bits per heavy atom. The van der Waals surface area contributed by atoms with Gasteiger partial charge in [0.2, 0.25) is 11.5 Å². The van der Waals surface area contributed by atoms with Crippen LogP contribution in [0.5, 0.6) is 0 Å². The predicted molar refractivity (Wildman–Crippen MR) is 70.9 cm³/mol. The highest BCUT2D eigenvalue weighted by molar-refractivity contribution is 6.29. The van der Waals surface area contributed by atoms with Crippen LogP contribution >= 0.6 is 11.6 Å². The molecule has 0 bridgehead atoms. The summed E-state index contributed by atoms with van der Waals surface area (Å²) in [6.45, 7) is 7.04. The lowest BCUT2D eigenvalue weighted by Crippen LogP contribution is -2.42. The molecule has 108 valence electrons. The van der Waals surface area contributed by atoms with E-state index in [4.69, 9.17) is 25.8 Å². The number of rotatable bonds is 5. The molecule has 0 aromatic heterocycles. The van der Waals surface area contributed by atoms with Crippen molar-refractivity contribution in [2.24, 2.45) is 0 Å². The molecule has 0 amide bonds. The van der Waals surface area contributed by atoms with Gasteiger partial charge in [0.15, 0.2) is 0 Å². The van der Waals surface area contributed by atoms with Crippen LogP contribution in [0.4, 0.5) is 0 Å². The lowest BCUT2D eigenvalue weighted by atomic mass is 10.3. The number of hydrogen-bond acceptors (Lipinski definition) is 6. The first-order chi connectivity index (χ1) is 8.71. The molecule has 1 aliphatic heterocycles. The summed E-state index contributed by atoms with van der Waals surface area (Å²) < 4.78 is 15.9. The number of carbonyl (C=O) groups is 1. The molecule has 0 fully saturated rings. The van der Waals surface area contributed by atoms with Crippen molar-refractivity contribution in [3.05, 3.63) is 23.1 Å². The zero-order chi connectivity index (χ0) is 14.6. The van der Waals surface area contributed by atoms with Gasteiger partial charge in [0.25, 0.3) is 0 Å². The van der Waals surface area contributed by atoms with Crippen molar-refractivity contribution in [1.82, 2.24) is 10.4 Å². The number of carbonyl (C=O) groups excluding carboxylic acids is 1. The van der Waals surface area contributed by atoms with E-state index in [2.05, 4.69) is 12.0 Å². The molecule has 1 aliphatic rings. The Bertz CT molecular complexity index is 405. The van der Waals surface area contributed by atoms with E-state index in [0.717, 1.165) is 0 Å². The van der Waals surface area contributed by atoms with Crippen molar-refractivity contribution >= 4 is 17.6 Å². The molecule has 0 radical (unpaired) electrons. The molecule has 7 heteroatoms. The van der Waals surface area contributed by atoms with Gasteiger partial charge in [0.05, 0.1) is 6.61 Å². The first-order valence-electron chi connectivity index (χ1n) is 5.72. The lowest BCUT2D eigenvalue weighted by molar-refractivity contribution is -0.209. The molecule has 0 spiro atoms. The lowest BCUT2D eigenvalue weighted by Gasteiger charge is -2.34. The summed E-state index contributed by atoms with van der Waals surface area (Å²) >= 11 is 5.56. The van der Waals surface area contributed by atoms with Gasteiger partial charge in [-0.15, -0.1) is 0 Å². The van der Waals surface area contributed by atoms with Crippen LogP contribution in [0.25, 0.3) is 0 Å². The van der Waals surface area contributed by atoms with Gasteiger partial charge >= 0.3 is 5.97 Å². The van der Waals surface area contributed by atoms with Crippen LogP contribution in [0, 0.1) is 0 Å². The van der Waals surface area contributed by atoms with Crippen LogP contribution in [0.2, 0.25) is 0 Å². The normalized spacial score (nSPS) is 18.0. The van der Waals surface area contributed by atoms with Gasteiger partial charge in [-0.25, -0.2) is 9.80 Å². The van der Waals surface area contributed by atoms with E-state index in [-0.39, 0.29) is 24.0 Å². The fourth-order valence-corrected chi connectivity index (χ4v) is 1.43. The molecular formula is C12H19ClN2O4. The highest BCUT2D eigenvalue weighted by Crippen LogP contribution is 2.25. The molecule has 0 aliphatic carbocycles. The van der Waals surface area contributed by atoms with Crippen LogP contribution in [0.1, 0.15) is 13.8 Å². The average Bonchev–Trinajstić information content (AvgIpc) is 2.27. The Hall–Kier alpha value is -1.24. The second-order valence-corrected chi connectivity index (χ2v) is 5.23. The fourth-order valence-electron chi connectivity index (χ4n) is 1.38. The van der Waals surface area contributed by atoms with Gasteiger partial charge in [0.1, 0.15) is 12.3 Å². The fraction of sp³-hybridized carbons (Fsp3) is 0.583. The summed E-state index contributed by atoms with van der Waals surface area (Å²) in [6, 6.07) is 0. The number of esters is 1. The Morgan fingerprint density at radius 2 is 2.21 bits per heavy atom. The van der Waals surface area contributed by atoms with Crippen LogP contribution in [-0.2, 0) is 19.0 Å². The maximum Gasteiger partial charge on any atom is 0.376 e. The molecule has 0 saturated carbocycles. The maximum atomic E-state index is 12.0. The van der Waals surface area contributed by atoms with E-state index in [9.17, 15) is 4.79 Å². The molecular weight excluding hydrogens is 272 g/mol. The summed E-state index contributed by atoms with van der Waals surface area (Å²) in [4.78, 5) is 12.0. The average molecular weight is 291 g/mol. The van der Waals surface area contributed by atoms with Gasteiger partial charge in [-0.1, -0.05) is 18.2 Å². The second kappa shape index (κ2) is 6.27. The van der Waals surface area contributed by atoms with Crippen molar-refractivity contribution in [3.8, 4) is 0 Å². The number of hydrazine groups is 1. The summed E-state index contributed by atoms with van der Waals surface area (Å²) in [7, 11) is 3.58. The largest absolute Gasteiger partial charge is 0.454 e. The molecule has 1 N–H and O–H groups in total. The van der Waals surface area contributed by atoms with Crippen molar-refractivity contribution in [2.75, 3.05) is 27.3 Å². The molecule has 1 rings (SSSR count). The third-order valence-corrected chi connectivity index (χ3v) is 2.20. The van der Waals surface area contributed by atoms with Gasteiger partial charge in [0, 0.05) is 33.0 Å². The minimum Gasteiger partial charge on any atom is -0.454 e. The summed E-state index contributed by atoms with van der Waals surface area (Å²) in [5.41, 5.74) is 3.44. The van der Waals surface area contributed by atoms with Gasteiger partial charge < -0.3 is 19.6 Å². The van der Waals surface area contributed by atoms with E-state index in [0.29, 0.717) is 5.70 Å². The van der Waals surface area contributed by atoms with Crippen LogP contribution in [0.3, 0.4) is 0 Å². The van der Waals surface area contributed by atoms with Crippen LogP contribution in [0.15, 0.2) is 23.1 Å². The molecule has 0 saturated heterocycles.